The van der Waals surface area contributed by atoms with E-state index >= 15 is 0 Å². The largest absolute Gasteiger partial charge is 0.497 e. The number of carbonyl (C=O) groups is 1. The number of halogens is 1. The summed E-state index contributed by atoms with van der Waals surface area (Å²) in [6.45, 7) is 5.94. The van der Waals surface area contributed by atoms with Gasteiger partial charge in [0.25, 0.3) is 0 Å². The minimum absolute atomic E-state index is 0.305. The number of hydrogen-bond acceptors (Lipinski definition) is 8. The number of nitrogens with zero attached hydrogens (tertiary/aromatic N) is 6. The van der Waals surface area contributed by atoms with Gasteiger partial charge >= 0.3 is 6.09 Å². The van der Waals surface area contributed by atoms with Gasteiger partial charge in [0.1, 0.15) is 35.3 Å². The van der Waals surface area contributed by atoms with Crippen LogP contribution in [0, 0.1) is 5.82 Å². The molecule has 1 amide bonds. The molecule has 9 nitrogen and oxygen atoms in total. The number of aromatic nitrogens is 3. The molecule has 2 aromatic carbocycles. The van der Waals surface area contributed by atoms with Gasteiger partial charge in [0, 0.05) is 42.8 Å². The molecular formula is C29H31FN6O3S. The van der Waals surface area contributed by atoms with Crippen molar-refractivity contribution in [3.8, 4) is 5.75 Å². The van der Waals surface area contributed by atoms with Crippen LogP contribution in [0.25, 0.3) is 11.0 Å². The molecule has 5 rings (SSSR count). The number of methoxy groups -OCH3 is 1. The molecule has 1 unspecified atom stereocenters. The second kappa shape index (κ2) is 11.2. The number of carbonyl (C=O) groups excluding carboxylic acids is 1. The molecule has 0 bridgehead atoms. The molecule has 4 aromatic rings. The third kappa shape index (κ3) is 5.90. The number of fused-ring (bicyclic) bond motifs is 1. The molecule has 1 aliphatic rings. The summed E-state index contributed by atoms with van der Waals surface area (Å²) in [6, 6.07) is 15.9. The lowest BCUT2D eigenvalue weighted by Gasteiger charge is -2.38. The summed E-state index contributed by atoms with van der Waals surface area (Å²) in [5, 5.41) is 2.75. The molecule has 0 spiro atoms. The van der Waals surface area contributed by atoms with Crippen molar-refractivity contribution in [2.24, 2.45) is 7.05 Å². The van der Waals surface area contributed by atoms with Crippen LogP contribution >= 0.6 is 11.9 Å². The highest BCUT2D eigenvalue weighted by molar-refractivity contribution is 7.97. The zero-order valence-electron chi connectivity index (χ0n) is 23.0. The van der Waals surface area contributed by atoms with Crippen LogP contribution in [0.2, 0.25) is 0 Å². The van der Waals surface area contributed by atoms with Crippen molar-refractivity contribution in [1.29, 1.82) is 0 Å². The molecule has 1 atom stereocenters. The van der Waals surface area contributed by atoms with Gasteiger partial charge in [-0.1, -0.05) is 12.1 Å². The Kier molecular flexibility index (Phi) is 7.68. The van der Waals surface area contributed by atoms with E-state index in [1.165, 1.54) is 30.4 Å². The maximum atomic E-state index is 13.9. The lowest BCUT2D eigenvalue weighted by Crippen LogP contribution is -2.52. The summed E-state index contributed by atoms with van der Waals surface area (Å²) in [7, 11) is 3.52. The van der Waals surface area contributed by atoms with Gasteiger partial charge in [0.2, 0.25) is 0 Å². The van der Waals surface area contributed by atoms with Crippen LogP contribution in [0.15, 0.2) is 84.3 Å². The summed E-state index contributed by atoms with van der Waals surface area (Å²) in [4.78, 5) is 25.2. The zero-order chi connectivity index (χ0) is 28.4. The number of ether oxygens (including phenoxy) is 2. The van der Waals surface area contributed by atoms with Crippen molar-refractivity contribution in [3.05, 3.63) is 90.8 Å². The topological polar surface area (TPSA) is 76.0 Å². The van der Waals surface area contributed by atoms with Crippen molar-refractivity contribution in [2.75, 3.05) is 12.0 Å². The molecule has 208 valence electrons. The lowest BCUT2D eigenvalue weighted by molar-refractivity contribution is 0.0432. The number of rotatable bonds is 7. The smallest absolute Gasteiger partial charge is 0.417 e. The van der Waals surface area contributed by atoms with E-state index in [4.69, 9.17) is 9.47 Å². The summed E-state index contributed by atoms with van der Waals surface area (Å²) in [6.07, 6.45) is 6.01. The van der Waals surface area contributed by atoms with Gasteiger partial charge in [-0.05, 0) is 74.9 Å². The number of amides is 1. The Hall–Kier alpha value is -4.09. The maximum absolute atomic E-state index is 13.9. The monoisotopic (exact) mass is 562 g/mol. The summed E-state index contributed by atoms with van der Waals surface area (Å²) >= 11 is 1.41. The second-order valence-corrected chi connectivity index (χ2v) is 11.3. The molecule has 0 fully saturated rings. The Balaban J connectivity index is 1.57. The predicted octanol–water partition coefficient (Wildman–Crippen LogP) is 6.14. The van der Waals surface area contributed by atoms with Gasteiger partial charge in [-0.2, -0.15) is 5.01 Å². The molecule has 3 heterocycles. The summed E-state index contributed by atoms with van der Waals surface area (Å²) < 4.78 is 28.6. The van der Waals surface area contributed by atoms with Crippen LogP contribution in [-0.2, 0) is 18.3 Å². The fourth-order valence-electron chi connectivity index (χ4n) is 4.33. The van der Waals surface area contributed by atoms with Crippen LogP contribution in [-0.4, -0.2) is 48.9 Å². The van der Waals surface area contributed by atoms with Gasteiger partial charge in [0.15, 0.2) is 5.82 Å². The van der Waals surface area contributed by atoms with E-state index in [-0.39, 0.29) is 5.82 Å². The average Bonchev–Trinajstić information content (AvgIpc) is 3.49. The average molecular weight is 563 g/mol. The quantitative estimate of drug-likeness (QED) is 0.249. The lowest BCUT2D eigenvalue weighted by atomic mass is 10.2. The predicted molar refractivity (Wildman–Crippen MR) is 153 cm³/mol. The minimum Gasteiger partial charge on any atom is -0.497 e. The van der Waals surface area contributed by atoms with E-state index in [0.29, 0.717) is 18.0 Å². The fraction of sp³-hybridized carbons (Fsp3) is 0.276. The van der Waals surface area contributed by atoms with Gasteiger partial charge in [-0.15, -0.1) is 0 Å². The first-order valence-electron chi connectivity index (χ1n) is 12.7. The Bertz CT molecular complexity index is 1520. The molecule has 0 N–H and O–H groups in total. The molecule has 0 radical (unpaired) electrons. The van der Waals surface area contributed by atoms with Crippen molar-refractivity contribution >= 4 is 34.9 Å². The Morgan fingerprint density at radius 1 is 1.07 bits per heavy atom. The van der Waals surface area contributed by atoms with Crippen LogP contribution in [0.5, 0.6) is 5.75 Å². The number of hydrazine groups is 1. The summed E-state index contributed by atoms with van der Waals surface area (Å²) in [5.41, 5.74) is 0.958. The number of anilines is 1. The number of aryl methyl sites for hydroxylation is 1. The number of benzene rings is 2. The first-order chi connectivity index (χ1) is 19.1. The fourth-order valence-corrected chi connectivity index (χ4v) is 5.19. The van der Waals surface area contributed by atoms with E-state index in [1.54, 1.807) is 24.1 Å². The molecule has 0 aliphatic carbocycles. The minimum atomic E-state index is -0.732. The van der Waals surface area contributed by atoms with Crippen molar-refractivity contribution in [3.63, 3.8) is 0 Å². The first-order valence-corrected chi connectivity index (χ1v) is 13.5. The molecule has 2 aromatic heterocycles. The normalized spacial score (nSPS) is 15.6. The zero-order valence-corrected chi connectivity index (χ0v) is 23.8. The van der Waals surface area contributed by atoms with Gasteiger partial charge in [-0.25, -0.2) is 28.5 Å². The molecule has 1 aliphatic heterocycles. The Morgan fingerprint density at radius 3 is 2.48 bits per heavy atom. The number of hydrogen-bond donors (Lipinski definition) is 0. The first kappa shape index (κ1) is 27.5. The van der Waals surface area contributed by atoms with E-state index in [0.717, 1.165) is 21.6 Å². The highest BCUT2D eigenvalue weighted by Gasteiger charge is 2.39. The van der Waals surface area contributed by atoms with Crippen LogP contribution in [0.1, 0.15) is 26.3 Å². The molecule has 11 heteroatoms. The van der Waals surface area contributed by atoms with Crippen LogP contribution in [0.3, 0.4) is 0 Å². The third-order valence-electron chi connectivity index (χ3n) is 6.18. The van der Waals surface area contributed by atoms with E-state index < -0.39 is 17.9 Å². The van der Waals surface area contributed by atoms with Crippen molar-refractivity contribution in [2.45, 2.75) is 44.0 Å². The van der Waals surface area contributed by atoms with Crippen LogP contribution in [0.4, 0.5) is 15.0 Å². The van der Waals surface area contributed by atoms with Gasteiger partial charge < -0.3 is 14.0 Å². The molecule has 40 heavy (non-hydrogen) atoms. The highest BCUT2D eigenvalue weighted by atomic mass is 32.2. The van der Waals surface area contributed by atoms with Gasteiger partial charge in [0.05, 0.1) is 12.5 Å². The third-order valence-corrected chi connectivity index (χ3v) is 7.19. The molecular weight excluding hydrogens is 531 g/mol. The van der Waals surface area contributed by atoms with E-state index in [9.17, 15) is 9.18 Å². The van der Waals surface area contributed by atoms with Crippen LogP contribution < -0.4 is 9.64 Å². The SMILES string of the molecule is COc1ccc(CN2C(N(C(=O)OC(C)(C)C)c3ncnc4c3ccn4C)C=CN2Sc2ccc(F)cc2)cc1. The van der Waals surface area contributed by atoms with Crippen molar-refractivity contribution in [1.82, 2.24) is 24.0 Å². The highest BCUT2D eigenvalue weighted by Crippen LogP contribution is 2.36. The second-order valence-electron chi connectivity index (χ2n) is 10.3. The van der Waals surface area contributed by atoms with E-state index in [1.807, 2.05) is 90.6 Å². The maximum Gasteiger partial charge on any atom is 0.417 e. The Morgan fingerprint density at radius 2 is 1.80 bits per heavy atom. The van der Waals surface area contributed by atoms with E-state index in [2.05, 4.69) is 9.97 Å². The molecule has 0 saturated carbocycles. The summed E-state index contributed by atoms with van der Waals surface area (Å²) in [5.74, 6) is 0.879. The molecule has 0 saturated heterocycles. The standard InChI is InChI=1S/C29H31FN6O3S/c1-29(2,3)39-28(37)36(27-24-14-16-33(4)26(24)31-19-32-27)25-15-17-35(40-23-12-8-21(30)9-13-23)34(25)18-20-6-10-22(38-5)11-7-20/h6-17,19,25H,18H2,1-5H3. The van der Waals surface area contributed by atoms with Gasteiger partial charge in [-0.3, -0.25) is 0 Å². The van der Waals surface area contributed by atoms with Crippen molar-refractivity contribution < 1.29 is 18.7 Å². The Labute approximate surface area is 236 Å².